The maximum absolute atomic E-state index is 13.4. The summed E-state index contributed by atoms with van der Waals surface area (Å²) in [5.41, 5.74) is -0.244. The van der Waals surface area contributed by atoms with Gasteiger partial charge in [-0.15, -0.1) is 0 Å². The number of benzene rings is 1. The zero-order valence-corrected chi connectivity index (χ0v) is 30.7. The van der Waals surface area contributed by atoms with Crippen LogP contribution in [0.5, 0.6) is 11.5 Å². The molecule has 46 heavy (non-hydrogen) atoms. The van der Waals surface area contributed by atoms with Gasteiger partial charge in [-0.2, -0.15) is 0 Å². The van der Waals surface area contributed by atoms with E-state index in [1.165, 1.54) is 0 Å². The first-order valence-electron chi connectivity index (χ1n) is 16.8. The summed E-state index contributed by atoms with van der Waals surface area (Å²) in [6.07, 6.45) is 1.23. The van der Waals surface area contributed by atoms with Crippen LogP contribution in [0.1, 0.15) is 107 Å². The van der Waals surface area contributed by atoms with E-state index in [1.54, 1.807) is 41.9 Å². The van der Waals surface area contributed by atoms with Crippen molar-refractivity contribution < 1.29 is 38.4 Å². The van der Waals surface area contributed by atoms with Gasteiger partial charge in [0.1, 0.15) is 17.2 Å². The Labute approximate surface area is 278 Å². The predicted molar refractivity (Wildman–Crippen MR) is 182 cm³/mol. The molecule has 9 heteroatoms. The van der Waals surface area contributed by atoms with Crippen LogP contribution >= 0.6 is 0 Å². The van der Waals surface area contributed by atoms with E-state index in [-0.39, 0.29) is 42.2 Å². The lowest BCUT2D eigenvalue weighted by Crippen LogP contribution is -2.48. The van der Waals surface area contributed by atoms with Crippen molar-refractivity contribution in [3.05, 3.63) is 23.8 Å². The van der Waals surface area contributed by atoms with E-state index >= 15 is 0 Å². The van der Waals surface area contributed by atoms with E-state index in [2.05, 4.69) is 19.2 Å². The third-order valence-corrected chi connectivity index (χ3v) is 8.81. The van der Waals surface area contributed by atoms with Crippen molar-refractivity contribution in [2.24, 2.45) is 29.1 Å². The Balaban J connectivity index is 3.26. The summed E-state index contributed by atoms with van der Waals surface area (Å²) in [4.78, 5) is 38.5. The molecule has 0 spiro atoms. The van der Waals surface area contributed by atoms with Crippen molar-refractivity contribution in [3.63, 3.8) is 0 Å². The third-order valence-electron chi connectivity index (χ3n) is 8.81. The summed E-state index contributed by atoms with van der Waals surface area (Å²) in [6, 6.07) is 5.26. The number of hydrogen-bond acceptors (Lipinski definition) is 8. The molecule has 0 aliphatic rings. The van der Waals surface area contributed by atoms with Crippen molar-refractivity contribution in [2.45, 2.75) is 126 Å². The molecule has 0 fully saturated rings. The number of methoxy groups -OCH3 is 2. The molecular formula is C37H63NO8. The minimum Gasteiger partial charge on any atom is -0.493 e. The van der Waals surface area contributed by atoms with Gasteiger partial charge in [-0.05, 0) is 88.8 Å². The number of amides is 1. The van der Waals surface area contributed by atoms with Gasteiger partial charge in [0.25, 0.3) is 0 Å². The molecule has 0 saturated carbocycles. The Hall–Kier alpha value is -2.65. The summed E-state index contributed by atoms with van der Waals surface area (Å²) in [5.74, 6) is 1.24. The van der Waals surface area contributed by atoms with Crippen LogP contribution in [-0.2, 0) is 25.5 Å². The SMILES string of the molecule is COCCCOc1cc(C[C@@H](C[C@H](NC(=O)OC(C)(C)C)[C@@H](O)C[C@H](C(=O)CCC(C)(C)C(C)=O)C(C)C)C(C)C)ccc1OC. The molecule has 0 bridgehead atoms. The van der Waals surface area contributed by atoms with E-state index in [1.807, 2.05) is 45.9 Å². The van der Waals surface area contributed by atoms with Crippen molar-refractivity contribution in [1.29, 1.82) is 0 Å². The van der Waals surface area contributed by atoms with E-state index in [4.69, 9.17) is 18.9 Å². The molecule has 0 heterocycles. The standard InChI is InChI=1S/C37H63NO8/c1-24(2)28(20-27-14-15-33(44-12)34(21-27)45-19-13-18-43-11)22-30(38-35(42)46-36(6,7)8)32(41)23-29(25(3)4)31(40)16-17-37(9,10)26(5)39/h14-15,21,24-25,28-30,32,41H,13,16-20,22-23H2,1-12H3,(H,38,42)/t28-,29-,30-,32-/m0/s1. The van der Waals surface area contributed by atoms with Crippen LogP contribution < -0.4 is 14.8 Å². The third kappa shape index (κ3) is 14.8. The van der Waals surface area contributed by atoms with Gasteiger partial charge in [0.15, 0.2) is 11.5 Å². The molecule has 2 N–H and O–H groups in total. The first kappa shape index (κ1) is 41.4. The average molecular weight is 650 g/mol. The number of alkyl carbamates (subject to hydrolysis) is 1. The zero-order valence-electron chi connectivity index (χ0n) is 30.7. The van der Waals surface area contributed by atoms with E-state index in [0.29, 0.717) is 44.0 Å². The zero-order chi connectivity index (χ0) is 35.2. The number of hydrogen-bond donors (Lipinski definition) is 2. The lowest BCUT2D eigenvalue weighted by molar-refractivity contribution is -0.128. The maximum Gasteiger partial charge on any atom is 0.407 e. The van der Waals surface area contributed by atoms with Gasteiger partial charge in [0.05, 0.1) is 25.9 Å². The highest BCUT2D eigenvalue weighted by Crippen LogP contribution is 2.33. The molecule has 1 amide bonds. The Morgan fingerprint density at radius 2 is 1.57 bits per heavy atom. The maximum atomic E-state index is 13.4. The predicted octanol–water partition coefficient (Wildman–Crippen LogP) is 7.20. The average Bonchev–Trinajstić information content (AvgIpc) is 2.94. The lowest BCUT2D eigenvalue weighted by Gasteiger charge is -2.33. The second-order valence-electron chi connectivity index (χ2n) is 14.9. The fourth-order valence-electron chi connectivity index (χ4n) is 5.33. The van der Waals surface area contributed by atoms with Gasteiger partial charge < -0.3 is 29.4 Å². The second kappa shape index (κ2) is 19.2. The molecule has 0 radical (unpaired) electrons. The molecule has 0 aliphatic heterocycles. The van der Waals surface area contributed by atoms with Gasteiger partial charge in [0.2, 0.25) is 0 Å². The highest BCUT2D eigenvalue weighted by atomic mass is 16.6. The minimum atomic E-state index is -0.985. The van der Waals surface area contributed by atoms with Crippen LogP contribution in [0.3, 0.4) is 0 Å². The summed E-state index contributed by atoms with van der Waals surface area (Å²) in [6.45, 7) is 19.9. The summed E-state index contributed by atoms with van der Waals surface area (Å²) >= 11 is 0. The molecular weight excluding hydrogens is 586 g/mol. The number of carbonyl (C=O) groups is 3. The van der Waals surface area contributed by atoms with Crippen LogP contribution in [0, 0.1) is 29.1 Å². The second-order valence-corrected chi connectivity index (χ2v) is 14.9. The molecule has 0 saturated heterocycles. The highest BCUT2D eigenvalue weighted by molar-refractivity contribution is 5.84. The van der Waals surface area contributed by atoms with Crippen LogP contribution in [0.25, 0.3) is 0 Å². The van der Waals surface area contributed by atoms with Gasteiger partial charge in [0, 0.05) is 37.9 Å². The Morgan fingerprint density at radius 1 is 0.913 bits per heavy atom. The normalized spacial score (nSPS) is 14.8. The molecule has 1 rings (SSSR count). The van der Waals surface area contributed by atoms with Crippen molar-refractivity contribution >= 4 is 17.7 Å². The van der Waals surface area contributed by atoms with E-state index in [0.717, 1.165) is 12.0 Å². The quantitative estimate of drug-likeness (QED) is 0.134. The topological polar surface area (TPSA) is 120 Å². The molecule has 264 valence electrons. The first-order valence-corrected chi connectivity index (χ1v) is 16.8. The van der Waals surface area contributed by atoms with Gasteiger partial charge >= 0.3 is 6.09 Å². The Morgan fingerprint density at radius 3 is 2.09 bits per heavy atom. The summed E-state index contributed by atoms with van der Waals surface area (Å²) in [7, 11) is 3.27. The van der Waals surface area contributed by atoms with Crippen LogP contribution in [0.4, 0.5) is 4.79 Å². The van der Waals surface area contributed by atoms with Crippen molar-refractivity contribution in [2.75, 3.05) is 27.4 Å². The first-order chi connectivity index (χ1) is 21.3. The molecule has 4 atom stereocenters. The fraction of sp³-hybridized carbons (Fsp3) is 0.757. The monoisotopic (exact) mass is 649 g/mol. The summed E-state index contributed by atoms with van der Waals surface area (Å²) in [5, 5.41) is 14.6. The Kier molecular flexibility index (Phi) is 17.3. The van der Waals surface area contributed by atoms with Crippen molar-refractivity contribution in [1.82, 2.24) is 5.32 Å². The van der Waals surface area contributed by atoms with Crippen molar-refractivity contribution in [3.8, 4) is 11.5 Å². The number of aliphatic hydroxyl groups excluding tert-OH is 1. The lowest BCUT2D eigenvalue weighted by atomic mass is 9.77. The van der Waals surface area contributed by atoms with Crippen LogP contribution in [0.15, 0.2) is 18.2 Å². The fourth-order valence-corrected chi connectivity index (χ4v) is 5.33. The van der Waals surface area contributed by atoms with Gasteiger partial charge in [-0.25, -0.2) is 4.79 Å². The number of rotatable bonds is 21. The molecule has 0 aliphatic carbocycles. The number of carbonyl (C=O) groups excluding carboxylic acids is 3. The number of Topliss-reactive ketones (excluding diaryl/α,β-unsaturated/α-hetero) is 2. The van der Waals surface area contributed by atoms with Crippen LogP contribution in [0.2, 0.25) is 0 Å². The molecule has 0 aromatic heterocycles. The number of ketones is 2. The number of ether oxygens (including phenoxy) is 4. The Bertz CT molecular complexity index is 1090. The number of nitrogens with one attached hydrogen (secondary N) is 1. The van der Waals surface area contributed by atoms with Gasteiger partial charge in [-0.1, -0.05) is 47.6 Å². The molecule has 9 nitrogen and oxygen atoms in total. The van der Waals surface area contributed by atoms with E-state index in [9.17, 15) is 19.5 Å². The highest BCUT2D eigenvalue weighted by Gasteiger charge is 2.34. The smallest absolute Gasteiger partial charge is 0.407 e. The van der Waals surface area contributed by atoms with Gasteiger partial charge in [-0.3, -0.25) is 9.59 Å². The largest absolute Gasteiger partial charge is 0.493 e. The molecule has 1 aromatic rings. The van der Waals surface area contributed by atoms with Crippen LogP contribution in [-0.4, -0.2) is 67.9 Å². The molecule has 0 unspecified atom stereocenters. The molecule has 1 aromatic carbocycles. The summed E-state index contributed by atoms with van der Waals surface area (Å²) < 4.78 is 22.2. The van der Waals surface area contributed by atoms with E-state index < -0.39 is 35.2 Å². The minimum absolute atomic E-state index is 0.0210. The number of aliphatic hydroxyl groups is 1.